The molecule has 0 saturated carbocycles. The smallest absolute Gasteiger partial charge is 0.339 e. The van der Waals surface area contributed by atoms with Crippen molar-refractivity contribution in [1.82, 2.24) is 39.9 Å². The highest BCUT2D eigenvalue weighted by Gasteiger charge is 2.23. The summed E-state index contributed by atoms with van der Waals surface area (Å²) in [7, 11) is 0. The van der Waals surface area contributed by atoms with Gasteiger partial charge >= 0.3 is 11.9 Å². The highest BCUT2D eigenvalue weighted by molar-refractivity contribution is 6.04. The minimum atomic E-state index is -0.557. The zero-order valence-corrected chi connectivity index (χ0v) is 57.0. The normalized spacial score (nSPS) is 11.9. The zero-order valence-electron chi connectivity index (χ0n) is 57.0. The van der Waals surface area contributed by atoms with Gasteiger partial charge in [0.25, 0.3) is 0 Å². The van der Waals surface area contributed by atoms with E-state index in [4.69, 9.17) is 29.4 Å². The molecule has 0 radical (unpaired) electrons. The van der Waals surface area contributed by atoms with Gasteiger partial charge in [-0.1, -0.05) is 218 Å². The number of ether oxygens (including phenoxy) is 2. The number of nitrogens with one attached hydrogen (secondary N) is 4. The predicted molar refractivity (Wildman–Crippen MR) is 430 cm³/mol. The standard InChI is InChI=1S/C94H62N8O4/c103-93(67-37-33-65(34-38-67)91-81-53-49-77(99-81)87(61-25-11-3-12-26-61)73-45-41-69(95-73)85(59-21-7-1-8-22-59)70-42-46-74(96-70)88(62-27-13-4-14-28-62)78-50-54-82(91)100-78)105-57-19-20-58-106-94(104)68-39-35-66(36-40-68)92-83-55-51-79(101-83)89(63-29-15-5-16-30-63)75-47-43-71(97-75)86(60-23-9-2-10-24-60)72-44-48-76(98-72)90(64-31-17-6-18-32-64)80-52-56-84(92)102-80/h1-18,21-56,95,97,100,102H,57-58H2. The SMILES string of the molecule is O=C(OCC#CCOC(=O)c1ccc(-c2c3nc(c(-c4ccccc4)c4ccc([nH]4)c(-c4ccccc4)c4nc(c(-c5ccccc5)c5ccc2[nH]5)C=C4)C=C3)cc1)c1ccc(-c2c3nc(c(-c4ccccc4)c4ccc([nH]4)c(-c4ccccc4)c4nc(c(-c5ccccc5)c5ccc2[nH]5)C=C4)C=C3)cc1. The number of benzene rings is 8. The van der Waals surface area contributed by atoms with Gasteiger partial charge < -0.3 is 29.4 Å². The molecule has 14 aromatic rings. The second-order valence-electron chi connectivity index (χ2n) is 25.9. The summed E-state index contributed by atoms with van der Waals surface area (Å²) in [5, 5.41) is 0. The van der Waals surface area contributed by atoms with Crippen LogP contribution >= 0.6 is 0 Å². The minimum absolute atomic E-state index is 0.223. The van der Waals surface area contributed by atoms with E-state index in [1.807, 2.05) is 121 Å². The monoisotopic (exact) mass is 1370 g/mol. The maximum Gasteiger partial charge on any atom is 0.339 e. The number of esters is 2. The molecule has 0 saturated heterocycles. The van der Waals surface area contributed by atoms with Crippen molar-refractivity contribution in [1.29, 1.82) is 0 Å². The summed E-state index contributed by atoms with van der Waals surface area (Å²) >= 11 is 0. The first-order chi connectivity index (χ1) is 52.4. The number of aromatic nitrogens is 8. The first-order valence-corrected chi connectivity index (χ1v) is 35.0. The van der Waals surface area contributed by atoms with Gasteiger partial charge in [-0.05, 0) is 166 Å². The third kappa shape index (κ3) is 12.3. The lowest BCUT2D eigenvalue weighted by atomic mass is 10.0. The number of hydrogen-bond acceptors (Lipinski definition) is 8. The van der Waals surface area contributed by atoms with Crippen molar-refractivity contribution in [3.8, 4) is 101 Å². The third-order valence-corrected chi connectivity index (χ3v) is 19.4. The van der Waals surface area contributed by atoms with E-state index in [2.05, 4.69) is 214 Å². The molecule has 0 unspecified atom stereocenters. The minimum Gasteiger partial charge on any atom is -0.449 e. The molecule has 0 aliphatic carbocycles. The van der Waals surface area contributed by atoms with Crippen LogP contribution in [0.25, 0.3) is 182 Å². The Morgan fingerprint density at radius 2 is 0.396 bits per heavy atom. The molecule has 12 heteroatoms. The largest absolute Gasteiger partial charge is 0.449 e. The second kappa shape index (κ2) is 27.8. The van der Waals surface area contributed by atoms with Crippen LogP contribution in [0, 0.1) is 11.8 Å². The van der Waals surface area contributed by atoms with Gasteiger partial charge in [0.05, 0.1) is 56.7 Å². The lowest BCUT2D eigenvalue weighted by Gasteiger charge is -2.08. The van der Waals surface area contributed by atoms with Crippen LogP contribution in [0.15, 0.2) is 279 Å². The van der Waals surface area contributed by atoms with Gasteiger partial charge in [0, 0.05) is 88.6 Å². The lowest BCUT2D eigenvalue weighted by Crippen LogP contribution is -2.06. The van der Waals surface area contributed by atoms with E-state index in [0.29, 0.717) is 11.1 Å². The molecule has 4 aliphatic heterocycles. The molecular formula is C94H62N8O4. The van der Waals surface area contributed by atoms with Crippen molar-refractivity contribution in [2.45, 2.75) is 0 Å². The third-order valence-electron chi connectivity index (χ3n) is 19.4. The molecular weight excluding hydrogens is 1310 g/mol. The first-order valence-electron chi connectivity index (χ1n) is 35.0. The van der Waals surface area contributed by atoms with Crippen LogP contribution in [0.1, 0.15) is 66.3 Å². The quantitative estimate of drug-likeness (QED) is 0.0693. The Kier molecular flexibility index (Phi) is 16.7. The average Bonchev–Trinajstić information content (AvgIpc) is 1.61. The summed E-state index contributed by atoms with van der Waals surface area (Å²) in [4.78, 5) is 64.4. The summed E-state index contributed by atoms with van der Waals surface area (Å²) in [6.45, 7) is -0.445. The topological polar surface area (TPSA) is 167 Å². The van der Waals surface area contributed by atoms with Gasteiger partial charge in [0.1, 0.15) is 0 Å². The predicted octanol–water partition coefficient (Wildman–Crippen LogP) is 22.0. The molecule has 12 nitrogen and oxygen atoms in total. The first kappa shape index (κ1) is 63.6. The molecule has 8 aromatic carbocycles. The summed E-state index contributed by atoms with van der Waals surface area (Å²) in [6.07, 6.45) is 16.6. The fraction of sp³-hybridized carbons (Fsp3) is 0.0213. The van der Waals surface area contributed by atoms with Crippen LogP contribution in [0.5, 0.6) is 0 Å². The molecule has 4 N–H and O–H groups in total. The Labute approximate surface area is 609 Å². The van der Waals surface area contributed by atoms with E-state index in [1.165, 1.54) is 0 Å². The number of nitrogens with zero attached hydrogens (tertiary/aromatic N) is 4. The van der Waals surface area contributed by atoms with Gasteiger partial charge in [-0.25, -0.2) is 29.5 Å². The molecule has 10 heterocycles. The highest BCUT2D eigenvalue weighted by Crippen LogP contribution is 2.42. The summed E-state index contributed by atoms with van der Waals surface area (Å²) in [5.41, 5.74) is 29.1. The molecule has 106 heavy (non-hydrogen) atoms. The highest BCUT2D eigenvalue weighted by atomic mass is 16.5. The molecule has 0 amide bonds. The van der Waals surface area contributed by atoms with Gasteiger partial charge in [-0.3, -0.25) is 0 Å². The van der Waals surface area contributed by atoms with Gasteiger partial charge in [-0.15, -0.1) is 0 Å². The molecule has 502 valence electrons. The van der Waals surface area contributed by atoms with E-state index in [9.17, 15) is 9.59 Å². The molecule has 0 fully saturated rings. The van der Waals surface area contributed by atoms with Gasteiger partial charge in [0.15, 0.2) is 13.2 Å². The van der Waals surface area contributed by atoms with Crippen LogP contribution in [-0.2, 0) is 9.47 Å². The Bertz CT molecular complexity index is 5920. The number of fused-ring (bicyclic) bond motifs is 16. The van der Waals surface area contributed by atoms with E-state index in [-0.39, 0.29) is 13.2 Å². The molecule has 0 atom stereocenters. The second-order valence-corrected chi connectivity index (χ2v) is 25.9. The van der Waals surface area contributed by atoms with Crippen LogP contribution in [0.2, 0.25) is 0 Å². The van der Waals surface area contributed by atoms with Crippen molar-refractivity contribution in [3.63, 3.8) is 0 Å². The summed E-state index contributed by atoms with van der Waals surface area (Å²) in [5.74, 6) is 4.60. The Balaban J connectivity index is 0.628. The zero-order chi connectivity index (χ0) is 70.9. The molecule has 18 rings (SSSR count). The Hall–Kier alpha value is -14.5. The Morgan fingerprint density at radius 1 is 0.226 bits per heavy atom. The van der Waals surface area contributed by atoms with Crippen molar-refractivity contribution < 1.29 is 19.1 Å². The van der Waals surface area contributed by atoms with Crippen LogP contribution < -0.4 is 0 Å². The number of rotatable bonds is 12. The maximum atomic E-state index is 13.7. The van der Waals surface area contributed by atoms with Crippen molar-refractivity contribution in [2.75, 3.05) is 13.2 Å². The van der Waals surface area contributed by atoms with Crippen LogP contribution in [0.4, 0.5) is 0 Å². The van der Waals surface area contributed by atoms with E-state index >= 15 is 0 Å². The molecule has 6 aromatic heterocycles. The van der Waals surface area contributed by atoms with E-state index in [0.717, 1.165) is 179 Å². The lowest BCUT2D eigenvalue weighted by molar-refractivity contribution is 0.0539. The maximum absolute atomic E-state index is 13.7. The van der Waals surface area contributed by atoms with Gasteiger partial charge in [-0.2, -0.15) is 0 Å². The van der Waals surface area contributed by atoms with E-state index in [1.54, 1.807) is 24.3 Å². The van der Waals surface area contributed by atoms with Crippen molar-refractivity contribution in [2.24, 2.45) is 0 Å². The fourth-order valence-electron chi connectivity index (χ4n) is 14.5. The Morgan fingerprint density at radius 3 is 0.575 bits per heavy atom. The van der Waals surface area contributed by atoms with Gasteiger partial charge in [0.2, 0.25) is 0 Å². The van der Waals surface area contributed by atoms with Crippen molar-refractivity contribution in [3.05, 3.63) is 336 Å². The number of hydrogen-bond donors (Lipinski definition) is 4. The summed E-state index contributed by atoms with van der Waals surface area (Å²) < 4.78 is 11.4. The number of aromatic amines is 4. The molecule has 4 aliphatic rings. The fourth-order valence-corrected chi connectivity index (χ4v) is 14.5. The number of H-pyrrole nitrogens is 4. The van der Waals surface area contributed by atoms with E-state index < -0.39 is 11.9 Å². The number of carbonyl (C=O) groups is 2. The molecule has 16 bridgehead atoms. The van der Waals surface area contributed by atoms with Crippen LogP contribution in [-0.4, -0.2) is 65.0 Å². The van der Waals surface area contributed by atoms with Crippen molar-refractivity contribution >= 4 is 105 Å². The van der Waals surface area contributed by atoms with Crippen LogP contribution in [0.3, 0.4) is 0 Å². The number of carbonyl (C=O) groups excluding carboxylic acids is 2. The molecule has 0 spiro atoms. The average molecular weight is 1370 g/mol. The summed E-state index contributed by atoms with van der Waals surface area (Å²) in [6, 6.07) is 93.4.